The van der Waals surface area contributed by atoms with Crippen molar-refractivity contribution in [2.45, 2.75) is 31.7 Å². The molecule has 1 aliphatic rings. The molecule has 0 aromatic heterocycles. The predicted octanol–water partition coefficient (Wildman–Crippen LogP) is 2.95. The van der Waals surface area contributed by atoms with E-state index in [2.05, 4.69) is 10.6 Å². The first kappa shape index (κ1) is 13.3. The Labute approximate surface area is 111 Å². The van der Waals surface area contributed by atoms with Crippen molar-refractivity contribution in [3.63, 3.8) is 0 Å². The minimum absolute atomic E-state index is 0.0608. The molecule has 1 atom stereocenters. The molecule has 1 aromatic rings. The molecular formula is C13H16ClFN2O. The van der Waals surface area contributed by atoms with Gasteiger partial charge in [0.1, 0.15) is 5.82 Å². The highest BCUT2D eigenvalue weighted by atomic mass is 35.5. The van der Waals surface area contributed by atoms with Crippen molar-refractivity contribution < 1.29 is 9.18 Å². The van der Waals surface area contributed by atoms with E-state index in [0.717, 1.165) is 19.4 Å². The highest BCUT2D eigenvalue weighted by Gasteiger charge is 2.39. The van der Waals surface area contributed by atoms with Gasteiger partial charge in [-0.05, 0) is 37.9 Å². The van der Waals surface area contributed by atoms with Crippen LogP contribution < -0.4 is 10.6 Å². The topological polar surface area (TPSA) is 41.1 Å². The van der Waals surface area contributed by atoms with Crippen molar-refractivity contribution in [1.82, 2.24) is 5.32 Å². The van der Waals surface area contributed by atoms with Crippen LogP contribution in [0.15, 0.2) is 18.2 Å². The van der Waals surface area contributed by atoms with Crippen LogP contribution in [0.5, 0.6) is 0 Å². The van der Waals surface area contributed by atoms with Crippen LogP contribution in [0.25, 0.3) is 0 Å². The van der Waals surface area contributed by atoms with Crippen LogP contribution in [0.4, 0.5) is 10.1 Å². The number of nitrogens with one attached hydrogen (secondary N) is 2. The van der Waals surface area contributed by atoms with Gasteiger partial charge < -0.3 is 10.6 Å². The number of anilines is 1. The first-order valence-corrected chi connectivity index (χ1v) is 6.47. The van der Waals surface area contributed by atoms with E-state index in [0.29, 0.717) is 6.42 Å². The summed E-state index contributed by atoms with van der Waals surface area (Å²) >= 11 is 5.89. The molecule has 1 heterocycles. The molecule has 1 fully saturated rings. The fourth-order valence-corrected chi connectivity index (χ4v) is 2.52. The van der Waals surface area contributed by atoms with E-state index < -0.39 is 11.4 Å². The second kappa shape index (κ2) is 5.24. The number of hydrogen-bond donors (Lipinski definition) is 2. The first-order valence-electron chi connectivity index (χ1n) is 6.09. The lowest BCUT2D eigenvalue weighted by Gasteiger charge is -2.27. The van der Waals surface area contributed by atoms with Crippen LogP contribution in [-0.2, 0) is 4.79 Å². The summed E-state index contributed by atoms with van der Waals surface area (Å²) < 4.78 is 13.6. The number of halogens is 2. The zero-order valence-corrected chi connectivity index (χ0v) is 11.0. The van der Waals surface area contributed by atoms with Gasteiger partial charge in [0, 0.05) is 0 Å². The zero-order valence-electron chi connectivity index (χ0n) is 10.2. The van der Waals surface area contributed by atoms with Crippen molar-refractivity contribution in [2.24, 2.45) is 0 Å². The Balaban J connectivity index is 2.21. The summed E-state index contributed by atoms with van der Waals surface area (Å²) in [4.78, 5) is 12.3. The van der Waals surface area contributed by atoms with Crippen LogP contribution in [0.3, 0.4) is 0 Å². The second-order valence-electron chi connectivity index (χ2n) is 4.52. The number of para-hydroxylation sites is 1. The molecule has 1 saturated heterocycles. The van der Waals surface area contributed by atoms with Crippen molar-refractivity contribution in [3.8, 4) is 0 Å². The molecule has 18 heavy (non-hydrogen) atoms. The van der Waals surface area contributed by atoms with Gasteiger partial charge in [-0.25, -0.2) is 4.39 Å². The Morgan fingerprint density at radius 2 is 2.39 bits per heavy atom. The highest BCUT2D eigenvalue weighted by molar-refractivity contribution is 6.33. The normalized spacial score (nSPS) is 23.1. The molecule has 1 aliphatic heterocycles. The largest absolute Gasteiger partial charge is 0.321 e. The van der Waals surface area contributed by atoms with E-state index in [4.69, 9.17) is 11.6 Å². The smallest absolute Gasteiger partial charge is 0.244 e. The Kier molecular flexibility index (Phi) is 3.88. The monoisotopic (exact) mass is 270 g/mol. The SMILES string of the molecule is CCC1(C(=O)Nc2c(F)cccc2Cl)CCCN1. The summed E-state index contributed by atoms with van der Waals surface area (Å²) in [6.07, 6.45) is 2.39. The maximum atomic E-state index is 13.6. The number of carbonyl (C=O) groups is 1. The molecule has 0 radical (unpaired) electrons. The predicted molar refractivity (Wildman–Crippen MR) is 70.3 cm³/mol. The molecule has 0 spiro atoms. The zero-order chi connectivity index (χ0) is 13.2. The number of carbonyl (C=O) groups excluding carboxylic acids is 1. The lowest BCUT2D eigenvalue weighted by molar-refractivity contribution is -0.122. The molecule has 1 aromatic carbocycles. The Morgan fingerprint density at radius 1 is 1.61 bits per heavy atom. The lowest BCUT2D eigenvalue weighted by atomic mass is 9.93. The van der Waals surface area contributed by atoms with Crippen molar-refractivity contribution >= 4 is 23.2 Å². The van der Waals surface area contributed by atoms with E-state index >= 15 is 0 Å². The van der Waals surface area contributed by atoms with Crippen LogP contribution >= 0.6 is 11.6 Å². The van der Waals surface area contributed by atoms with Crippen LogP contribution in [0.2, 0.25) is 5.02 Å². The van der Waals surface area contributed by atoms with Gasteiger partial charge in [0.15, 0.2) is 0 Å². The third-order valence-corrected chi connectivity index (χ3v) is 3.80. The minimum atomic E-state index is -0.592. The standard InChI is InChI=1S/C13H16ClFN2O/c1-2-13(7-4-8-16-13)12(18)17-11-9(14)5-3-6-10(11)15/h3,5-6,16H,2,4,7-8H2,1H3,(H,17,18). The van der Waals surface area contributed by atoms with Crippen LogP contribution in [0, 0.1) is 5.82 Å². The molecule has 2 rings (SSSR count). The second-order valence-corrected chi connectivity index (χ2v) is 4.92. The maximum absolute atomic E-state index is 13.6. The highest BCUT2D eigenvalue weighted by Crippen LogP contribution is 2.29. The summed E-state index contributed by atoms with van der Waals surface area (Å²) in [7, 11) is 0. The minimum Gasteiger partial charge on any atom is -0.321 e. The molecule has 3 nitrogen and oxygen atoms in total. The summed E-state index contributed by atoms with van der Waals surface area (Å²) in [6, 6.07) is 4.35. The number of hydrogen-bond acceptors (Lipinski definition) is 2. The summed E-state index contributed by atoms with van der Waals surface area (Å²) in [5.41, 5.74) is -0.531. The van der Waals surface area contributed by atoms with Gasteiger partial charge in [0.25, 0.3) is 0 Å². The molecule has 1 amide bonds. The van der Waals surface area contributed by atoms with Gasteiger partial charge >= 0.3 is 0 Å². The van der Waals surface area contributed by atoms with E-state index in [1.165, 1.54) is 12.1 Å². The first-order chi connectivity index (χ1) is 8.59. The third kappa shape index (κ3) is 2.35. The fraction of sp³-hybridized carbons (Fsp3) is 0.462. The third-order valence-electron chi connectivity index (χ3n) is 3.48. The van der Waals surface area contributed by atoms with E-state index in [9.17, 15) is 9.18 Å². The van der Waals surface area contributed by atoms with Crippen molar-refractivity contribution in [1.29, 1.82) is 0 Å². The Hall–Kier alpha value is -1.13. The van der Waals surface area contributed by atoms with Gasteiger partial charge in [-0.15, -0.1) is 0 Å². The average molecular weight is 271 g/mol. The molecule has 0 bridgehead atoms. The van der Waals surface area contributed by atoms with E-state index in [-0.39, 0.29) is 16.6 Å². The summed E-state index contributed by atoms with van der Waals surface area (Å²) in [5.74, 6) is -0.727. The van der Waals surface area contributed by atoms with Gasteiger partial charge in [-0.1, -0.05) is 24.6 Å². The number of benzene rings is 1. The molecule has 2 N–H and O–H groups in total. The van der Waals surface area contributed by atoms with E-state index in [1.807, 2.05) is 6.92 Å². The average Bonchev–Trinajstić information content (AvgIpc) is 2.84. The number of amides is 1. The molecule has 0 aliphatic carbocycles. The van der Waals surface area contributed by atoms with Gasteiger partial charge in [0.05, 0.1) is 16.2 Å². The molecule has 1 unspecified atom stereocenters. The molecule has 98 valence electrons. The maximum Gasteiger partial charge on any atom is 0.244 e. The molecular weight excluding hydrogens is 255 g/mol. The quantitative estimate of drug-likeness (QED) is 0.887. The molecule has 5 heteroatoms. The Bertz CT molecular complexity index is 438. The fourth-order valence-electron chi connectivity index (χ4n) is 2.31. The van der Waals surface area contributed by atoms with Crippen molar-refractivity contribution in [2.75, 3.05) is 11.9 Å². The van der Waals surface area contributed by atoms with Gasteiger partial charge in [0.2, 0.25) is 5.91 Å². The Morgan fingerprint density at radius 3 is 2.94 bits per heavy atom. The summed E-state index contributed by atoms with van der Waals surface area (Å²) in [6.45, 7) is 2.76. The number of rotatable bonds is 3. The van der Waals surface area contributed by atoms with Gasteiger partial charge in [-0.2, -0.15) is 0 Å². The van der Waals surface area contributed by atoms with Crippen LogP contribution in [-0.4, -0.2) is 18.0 Å². The van der Waals surface area contributed by atoms with Gasteiger partial charge in [-0.3, -0.25) is 4.79 Å². The lowest BCUT2D eigenvalue weighted by Crippen LogP contribution is -2.50. The van der Waals surface area contributed by atoms with E-state index in [1.54, 1.807) is 6.07 Å². The van der Waals surface area contributed by atoms with Crippen LogP contribution in [0.1, 0.15) is 26.2 Å². The summed E-state index contributed by atoms with van der Waals surface area (Å²) in [5, 5.41) is 6.02. The van der Waals surface area contributed by atoms with Crippen molar-refractivity contribution in [3.05, 3.63) is 29.0 Å². The molecule has 0 saturated carbocycles.